The molecule has 1 amide bonds. The van der Waals surface area contributed by atoms with Gasteiger partial charge in [-0.05, 0) is 24.3 Å². The predicted octanol–water partition coefficient (Wildman–Crippen LogP) is 3.30. The number of carbonyl (C=O) groups excluding carboxylic acids is 1. The van der Waals surface area contributed by atoms with Gasteiger partial charge in [0.2, 0.25) is 0 Å². The fourth-order valence-corrected chi connectivity index (χ4v) is 2.83. The van der Waals surface area contributed by atoms with Crippen LogP contribution in [-0.2, 0) is 0 Å². The largest absolute Gasteiger partial charge is 0.505 e. The van der Waals surface area contributed by atoms with Crippen molar-refractivity contribution in [1.29, 1.82) is 0 Å². The van der Waals surface area contributed by atoms with Gasteiger partial charge in [0.15, 0.2) is 5.13 Å². The molecule has 3 rings (SSSR count). The van der Waals surface area contributed by atoms with Crippen LogP contribution in [0.15, 0.2) is 36.7 Å². The number of aromatic hydroxyl groups is 1. The number of nitrogens with one attached hydrogen (secondary N) is 1. The van der Waals surface area contributed by atoms with E-state index in [0.29, 0.717) is 10.2 Å². The summed E-state index contributed by atoms with van der Waals surface area (Å²) in [6, 6.07) is 6.75. The molecule has 0 spiro atoms. The van der Waals surface area contributed by atoms with Gasteiger partial charge in [0, 0.05) is 11.2 Å². The summed E-state index contributed by atoms with van der Waals surface area (Å²) < 4.78 is 0.881. The summed E-state index contributed by atoms with van der Waals surface area (Å²) in [6.45, 7) is 0. The Morgan fingerprint density at radius 1 is 1.35 bits per heavy atom. The lowest BCUT2D eigenvalue weighted by Gasteiger charge is -2.02. The molecular formula is C13H8ClN3O2S. The predicted molar refractivity (Wildman–Crippen MR) is 78.5 cm³/mol. The summed E-state index contributed by atoms with van der Waals surface area (Å²) in [5, 5.41) is 13.3. The Kier molecular flexibility index (Phi) is 3.25. The summed E-state index contributed by atoms with van der Waals surface area (Å²) in [6.07, 6.45) is 2.65. The monoisotopic (exact) mass is 305 g/mol. The van der Waals surface area contributed by atoms with E-state index in [1.807, 2.05) is 0 Å². The van der Waals surface area contributed by atoms with Crippen LogP contribution in [-0.4, -0.2) is 21.0 Å². The van der Waals surface area contributed by atoms with E-state index in [1.54, 1.807) is 18.2 Å². The molecule has 0 fully saturated rings. The van der Waals surface area contributed by atoms with Gasteiger partial charge in [-0.2, -0.15) is 0 Å². The molecule has 5 nitrogen and oxygen atoms in total. The summed E-state index contributed by atoms with van der Waals surface area (Å²) in [7, 11) is 0. The molecule has 0 aliphatic carbocycles. The number of rotatable bonds is 2. The lowest BCUT2D eigenvalue weighted by molar-refractivity contribution is 0.102. The van der Waals surface area contributed by atoms with Gasteiger partial charge in [-0.15, -0.1) is 0 Å². The number of benzene rings is 1. The van der Waals surface area contributed by atoms with Gasteiger partial charge >= 0.3 is 0 Å². The van der Waals surface area contributed by atoms with Crippen LogP contribution in [0.2, 0.25) is 5.02 Å². The normalized spacial score (nSPS) is 10.7. The second kappa shape index (κ2) is 5.07. The molecule has 7 heteroatoms. The van der Waals surface area contributed by atoms with Crippen molar-refractivity contribution in [3.8, 4) is 5.75 Å². The van der Waals surface area contributed by atoms with Gasteiger partial charge in [0.25, 0.3) is 5.91 Å². The molecule has 0 saturated carbocycles. The molecule has 0 unspecified atom stereocenters. The van der Waals surface area contributed by atoms with Crippen molar-refractivity contribution < 1.29 is 9.90 Å². The Bertz CT molecular complexity index is 803. The van der Waals surface area contributed by atoms with E-state index in [0.717, 1.165) is 10.2 Å². The van der Waals surface area contributed by atoms with Crippen molar-refractivity contribution in [2.75, 3.05) is 5.32 Å². The fourth-order valence-electron chi connectivity index (χ4n) is 1.69. The molecule has 0 atom stereocenters. The first kappa shape index (κ1) is 12.8. The fraction of sp³-hybridized carbons (Fsp3) is 0. The van der Waals surface area contributed by atoms with Crippen LogP contribution in [0.4, 0.5) is 5.13 Å². The average molecular weight is 306 g/mol. The molecule has 3 aromatic rings. The number of aromatic nitrogens is 2. The van der Waals surface area contributed by atoms with Crippen molar-refractivity contribution in [3.05, 3.63) is 47.2 Å². The standard InChI is InChI=1S/C13H8ClN3O2S/c14-7-1-2-9-11(5-7)20-13(16-9)17-12(19)8-3-4-15-6-10(8)18/h1-6,18H,(H,16,17,19). The molecule has 20 heavy (non-hydrogen) atoms. The first-order chi connectivity index (χ1) is 9.63. The Morgan fingerprint density at radius 3 is 3.00 bits per heavy atom. The SMILES string of the molecule is O=C(Nc1nc2ccc(Cl)cc2s1)c1ccncc1O. The molecule has 0 bridgehead atoms. The summed E-state index contributed by atoms with van der Waals surface area (Å²) in [4.78, 5) is 20.0. The number of hydrogen-bond acceptors (Lipinski definition) is 5. The maximum absolute atomic E-state index is 12.0. The lowest BCUT2D eigenvalue weighted by Crippen LogP contribution is -2.11. The second-order valence-electron chi connectivity index (χ2n) is 3.98. The highest BCUT2D eigenvalue weighted by molar-refractivity contribution is 7.22. The van der Waals surface area contributed by atoms with E-state index in [1.165, 1.54) is 29.8 Å². The van der Waals surface area contributed by atoms with Crippen LogP contribution in [0.3, 0.4) is 0 Å². The smallest absolute Gasteiger partial charge is 0.261 e. The molecule has 1 aromatic carbocycles. The molecular weight excluding hydrogens is 298 g/mol. The van der Waals surface area contributed by atoms with Gasteiger partial charge in [-0.1, -0.05) is 22.9 Å². The van der Waals surface area contributed by atoms with E-state index >= 15 is 0 Å². The van der Waals surface area contributed by atoms with Crippen LogP contribution in [0, 0.1) is 0 Å². The highest BCUT2D eigenvalue weighted by Crippen LogP contribution is 2.29. The maximum Gasteiger partial charge on any atom is 0.261 e. The Hall–Kier alpha value is -2.18. The van der Waals surface area contributed by atoms with Crippen LogP contribution in [0.1, 0.15) is 10.4 Å². The zero-order chi connectivity index (χ0) is 14.1. The van der Waals surface area contributed by atoms with E-state index in [9.17, 15) is 9.90 Å². The van der Waals surface area contributed by atoms with Crippen molar-refractivity contribution in [2.45, 2.75) is 0 Å². The molecule has 0 aliphatic rings. The molecule has 2 aromatic heterocycles. The van der Waals surface area contributed by atoms with E-state index < -0.39 is 5.91 Å². The third kappa shape index (κ3) is 2.43. The van der Waals surface area contributed by atoms with Crippen LogP contribution in [0.5, 0.6) is 5.75 Å². The van der Waals surface area contributed by atoms with Crippen LogP contribution < -0.4 is 5.32 Å². The van der Waals surface area contributed by atoms with Crippen LogP contribution >= 0.6 is 22.9 Å². The number of amides is 1. The van der Waals surface area contributed by atoms with E-state index in [2.05, 4.69) is 15.3 Å². The third-order valence-electron chi connectivity index (χ3n) is 2.62. The summed E-state index contributed by atoms with van der Waals surface area (Å²) in [5.41, 5.74) is 0.908. The first-order valence-electron chi connectivity index (χ1n) is 5.64. The number of halogens is 1. The minimum absolute atomic E-state index is 0.150. The highest BCUT2D eigenvalue weighted by Gasteiger charge is 2.13. The number of carbonyl (C=O) groups is 1. The maximum atomic E-state index is 12.0. The van der Waals surface area contributed by atoms with Crippen molar-refractivity contribution in [3.63, 3.8) is 0 Å². The zero-order valence-corrected chi connectivity index (χ0v) is 11.6. The van der Waals surface area contributed by atoms with Gasteiger partial charge < -0.3 is 5.11 Å². The summed E-state index contributed by atoms with van der Waals surface area (Å²) >= 11 is 7.22. The minimum atomic E-state index is -0.435. The number of thiazole rings is 1. The molecule has 2 heterocycles. The highest BCUT2D eigenvalue weighted by atomic mass is 35.5. The number of anilines is 1. The van der Waals surface area contributed by atoms with Gasteiger partial charge in [0.1, 0.15) is 5.75 Å². The Morgan fingerprint density at radius 2 is 2.20 bits per heavy atom. The topological polar surface area (TPSA) is 75.1 Å². The number of fused-ring (bicyclic) bond motifs is 1. The lowest BCUT2D eigenvalue weighted by atomic mass is 10.2. The van der Waals surface area contributed by atoms with E-state index in [-0.39, 0.29) is 11.3 Å². The second-order valence-corrected chi connectivity index (χ2v) is 5.45. The van der Waals surface area contributed by atoms with Gasteiger partial charge in [-0.3, -0.25) is 15.1 Å². The number of nitrogens with zero attached hydrogens (tertiary/aromatic N) is 2. The quantitative estimate of drug-likeness (QED) is 0.761. The summed E-state index contributed by atoms with van der Waals surface area (Å²) in [5.74, 6) is -0.607. The molecule has 0 radical (unpaired) electrons. The van der Waals surface area contributed by atoms with Crippen molar-refractivity contribution >= 4 is 44.2 Å². The molecule has 0 aliphatic heterocycles. The first-order valence-corrected chi connectivity index (χ1v) is 6.83. The van der Waals surface area contributed by atoms with Crippen molar-refractivity contribution in [1.82, 2.24) is 9.97 Å². The Labute approximate surface area is 122 Å². The Balaban J connectivity index is 1.89. The average Bonchev–Trinajstić information content (AvgIpc) is 2.80. The number of hydrogen-bond donors (Lipinski definition) is 2. The van der Waals surface area contributed by atoms with Gasteiger partial charge in [-0.25, -0.2) is 4.98 Å². The third-order valence-corrected chi connectivity index (χ3v) is 3.78. The molecule has 2 N–H and O–H groups in total. The molecule has 100 valence electrons. The number of pyridine rings is 1. The zero-order valence-electron chi connectivity index (χ0n) is 10.0. The van der Waals surface area contributed by atoms with E-state index in [4.69, 9.17) is 11.6 Å². The van der Waals surface area contributed by atoms with Crippen molar-refractivity contribution in [2.24, 2.45) is 0 Å². The minimum Gasteiger partial charge on any atom is -0.505 e. The molecule has 0 saturated heterocycles. The van der Waals surface area contributed by atoms with Crippen LogP contribution in [0.25, 0.3) is 10.2 Å². The van der Waals surface area contributed by atoms with Gasteiger partial charge in [0.05, 0.1) is 22.0 Å².